The van der Waals surface area contributed by atoms with Crippen molar-refractivity contribution in [1.29, 1.82) is 0 Å². The van der Waals surface area contributed by atoms with E-state index in [-0.39, 0.29) is 12.0 Å². The highest BCUT2D eigenvalue weighted by molar-refractivity contribution is 6.42. The van der Waals surface area contributed by atoms with Crippen LogP contribution in [0.5, 0.6) is 0 Å². The fourth-order valence-corrected chi connectivity index (χ4v) is 3.05. The molecule has 1 fully saturated rings. The van der Waals surface area contributed by atoms with E-state index in [1.54, 1.807) is 23.0 Å². The van der Waals surface area contributed by atoms with E-state index in [9.17, 15) is 4.79 Å². The second kappa shape index (κ2) is 7.55. The molecule has 1 atom stereocenters. The van der Waals surface area contributed by atoms with Crippen LogP contribution < -0.4 is 0 Å². The maximum atomic E-state index is 12.5. The Bertz CT molecular complexity index is 732. The zero-order valence-corrected chi connectivity index (χ0v) is 14.9. The minimum absolute atomic E-state index is 0.108. The minimum Gasteiger partial charge on any atom is -0.370 e. The Kier molecular flexibility index (Phi) is 5.43. The highest BCUT2D eigenvalue weighted by Crippen LogP contribution is 2.29. The predicted octanol–water partition coefficient (Wildman–Crippen LogP) is 3.49. The smallest absolute Gasteiger partial charge is 0.224 e. The molecule has 2 aromatic rings. The van der Waals surface area contributed by atoms with Gasteiger partial charge in [0.15, 0.2) is 0 Å². The van der Waals surface area contributed by atoms with E-state index in [0.717, 1.165) is 11.1 Å². The Morgan fingerprint density at radius 3 is 2.92 bits per heavy atom. The Morgan fingerprint density at radius 2 is 2.21 bits per heavy atom. The molecule has 1 aliphatic heterocycles. The number of aromatic nitrogens is 2. The first-order valence-corrected chi connectivity index (χ1v) is 8.62. The number of carbonyl (C=O) groups excluding carboxylic acids is 1. The van der Waals surface area contributed by atoms with Crippen LogP contribution in [0.2, 0.25) is 10.0 Å². The maximum Gasteiger partial charge on any atom is 0.224 e. The van der Waals surface area contributed by atoms with E-state index < -0.39 is 0 Å². The highest BCUT2D eigenvalue weighted by atomic mass is 35.5. The summed E-state index contributed by atoms with van der Waals surface area (Å²) in [5, 5.41) is 5.22. The molecule has 1 amide bonds. The Morgan fingerprint density at radius 1 is 1.38 bits per heavy atom. The number of morpholine rings is 1. The zero-order valence-electron chi connectivity index (χ0n) is 13.4. The van der Waals surface area contributed by atoms with Crippen LogP contribution in [0.1, 0.15) is 23.7 Å². The van der Waals surface area contributed by atoms with Gasteiger partial charge in [-0.25, -0.2) is 0 Å². The second-order valence-corrected chi connectivity index (χ2v) is 6.72. The summed E-state index contributed by atoms with van der Waals surface area (Å²) in [5.41, 5.74) is 2.03. The zero-order chi connectivity index (χ0) is 17.1. The molecule has 1 saturated heterocycles. The van der Waals surface area contributed by atoms with Crippen molar-refractivity contribution in [3.63, 3.8) is 0 Å². The molecule has 0 N–H and O–H groups in total. The Balaban J connectivity index is 1.60. The maximum absolute atomic E-state index is 12.5. The van der Waals surface area contributed by atoms with E-state index in [1.165, 1.54) is 0 Å². The van der Waals surface area contributed by atoms with Crippen molar-refractivity contribution < 1.29 is 9.53 Å². The summed E-state index contributed by atoms with van der Waals surface area (Å²) in [6, 6.07) is 5.44. The van der Waals surface area contributed by atoms with Gasteiger partial charge in [-0.2, -0.15) is 5.10 Å². The molecule has 0 aliphatic carbocycles. The average Bonchev–Trinajstić information content (AvgIpc) is 3.00. The number of ether oxygens (including phenoxy) is 1. The van der Waals surface area contributed by atoms with Crippen molar-refractivity contribution in [2.75, 3.05) is 19.7 Å². The van der Waals surface area contributed by atoms with Gasteiger partial charge in [0, 0.05) is 25.7 Å². The lowest BCUT2D eigenvalue weighted by atomic mass is 10.1. The standard InChI is InChI=1S/C17H19Cl2N3O2/c1-12-9-20-22(10-12)5-4-17(23)21-6-7-24-16(11-21)13-2-3-14(18)15(19)8-13/h2-3,8-10,16H,4-7,11H2,1H3. The molecular weight excluding hydrogens is 349 g/mol. The monoisotopic (exact) mass is 367 g/mol. The third kappa shape index (κ3) is 4.09. The first-order valence-electron chi connectivity index (χ1n) is 7.86. The Hall–Kier alpha value is -1.56. The van der Waals surface area contributed by atoms with Gasteiger partial charge in [0.25, 0.3) is 0 Å². The fraction of sp³-hybridized carbons (Fsp3) is 0.412. The minimum atomic E-state index is -0.176. The lowest BCUT2D eigenvalue weighted by Crippen LogP contribution is -2.42. The molecule has 0 radical (unpaired) electrons. The topological polar surface area (TPSA) is 47.4 Å². The SMILES string of the molecule is Cc1cnn(CCC(=O)N2CCOC(c3ccc(Cl)c(Cl)c3)C2)c1. The lowest BCUT2D eigenvalue weighted by Gasteiger charge is -2.33. The van der Waals surface area contributed by atoms with E-state index >= 15 is 0 Å². The molecule has 24 heavy (non-hydrogen) atoms. The second-order valence-electron chi connectivity index (χ2n) is 5.90. The van der Waals surface area contributed by atoms with Crippen molar-refractivity contribution in [2.45, 2.75) is 26.0 Å². The summed E-state index contributed by atoms with van der Waals surface area (Å²) in [6.45, 7) is 4.21. The van der Waals surface area contributed by atoms with Crippen molar-refractivity contribution in [1.82, 2.24) is 14.7 Å². The van der Waals surface area contributed by atoms with Gasteiger partial charge in [-0.15, -0.1) is 0 Å². The number of aryl methyl sites for hydroxylation is 2. The van der Waals surface area contributed by atoms with E-state index in [2.05, 4.69) is 5.10 Å². The normalized spacial score (nSPS) is 18.0. The van der Waals surface area contributed by atoms with Crippen molar-refractivity contribution >= 4 is 29.1 Å². The number of halogens is 2. The molecule has 128 valence electrons. The molecule has 1 aromatic heterocycles. The Labute approximate surface area is 151 Å². The van der Waals surface area contributed by atoms with Crippen LogP contribution in [-0.2, 0) is 16.1 Å². The first kappa shape index (κ1) is 17.3. The molecule has 5 nitrogen and oxygen atoms in total. The molecule has 2 heterocycles. The number of nitrogens with zero attached hydrogens (tertiary/aromatic N) is 3. The summed E-state index contributed by atoms with van der Waals surface area (Å²) in [4.78, 5) is 14.3. The van der Waals surface area contributed by atoms with Crippen molar-refractivity contribution in [3.8, 4) is 0 Å². The van der Waals surface area contributed by atoms with E-state index in [4.69, 9.17) is 27.9 Å². The summed E-state index contributed by atoms with van der Waals surface area (Å²) < 4.78 is 7.59. The average molecular weight is 368 g/mol. The number of hydrogen-bond acceptors (Lipinski definition) is 3. The summed E-state index contributed by atoms with van der Waals surface area (Å²) in [6.07, 6.45) is 3.98. The van der Waals surface area contributed by atoms with Crippen LogP contribution >= 0.6 is 23.2 Å². The van der Waals surface area contributed by atoms with Gasteiger partial charge >= 0.3 is 0 Å². The molecule has 0 bridgehead atoms. The highest BCUT2D eigenvalue weighted by Gasteiger charge is 2.25. The number of rotatable bonds is 4. The largest absolute Gasteiger partial charge is 0.370 e. The van der Waals surface area contributed by atoms with Crippen LogP contribution in [-0.4, -0.2) is 40.3 Å². The molecule has 1 aliphatic rings. The van der Waals surface area contributed by atoms with Gasteiger partial charge in [0.1, 0.15) is 6.10 Å². The number of benzene rings is 1. The number of carbonyl (C=O) groups is 1. The van der Waals surface area contributed by atoms with Crippen molar-refractivity contribution in [2.24, 2.45) is 0 Å². The van der Waals surface area contributed by atoms with Crippen LogP contribution in [0.4, 0.5) is 0 Å². The molecular formula is C17H19Cl2N3O2. The third-order valence-electron chi connectivity index (χ3n) is 4.05. The molecule has 0 saturated carbocycles. The lowest BCUT2D eigenvalue weighted by molar-refractivity contribution is -0.139. The molecule has 7 heteroatoms. The van der Waals surface area contributed by atoms with Crippen molar-refractivity contribution in [3.05, 3.63) is 51.8 Å². The first-order chi connectivity index (χ1) is 11.5. The molecule has 0 spiro atoms. The molecule has 3 rings (SSSR count). The molecule has 1 unspecified atom stereocenters. The molecule has 1 aromatic carbocycles. The summed E-state index contributed by atoms with van der Waals surface area (Å²) >= 11 is 12.0. The van der Waals surface area contributed by atoms with Gasteiger partial charge in [0.2, 0.25) is 5.91 Å². The third-order valence-corrected chi connectivity index (χ3v) is 4.79. The van der Waals surface area contributed by atoms with Crippen LogP contribution in [0.15, 0.2) is 30.6 Å². The predicted molar refractivity (Wildman–Crippen MR) is 93.3 cm³/mol. The summed E-state index contributed by atoms with van der Waals surface area (Å²) in [5.74, 6) is 0.108. The van der Waals surface area contributed by atoms with Crippen LogP contribution in [0.25, 0.3) is 0 Å². The van der Waals surface area contributed by atoms with Gasteiger partial charge in [-0.1, -0.05) is 29.3 Å². The van der Waals surface area contributed by atoms with E-state index in [0.29, 0.717) is 42.7 Å². The van der Waals surface area contributed by atoms with Gasteiger partial charge in [0.05, 0.1) is 29.4 Å². The quantitative estimate of drug-likeness (QED) is 0.830. The van der Waals surface area contributed by atoms with Gasteiger partial charge < -0.3 is 9.64 Å². The number of amides is 1. The van der Waals surface area contributed by atoms with Gasteiger partial charge in [-0.05, 0) is 30.2 Å². The van der Waals surface area contributed by atoms with Gasteiger partial charge in [-0.3, -0.25) is 9.48 Å². The van der Waals surface area contributed by atoms with E-state index in [1.807, 2.05) is 24.1 Å². The summed E-state index contributed by atoms with van der Waals surface area (Å²) in [7, 11) is 0. The van der Waals surface area contributed by atoms with Crippen LogP contribution in [0.3, 0.4) is 0 Å². The van der Waals surface area contributed by atoms with Crippen LogP contribution in [0, 0.1) is 6.92 Å². The number of hydrogen-bond donors (Lipinski definition) is 0. The fourth-order valence-electron chi connectivity index (χ4n) is 2.75.